The Morgan fingerprint density at radius 2 is 1.88 bits per heavy atom. The Bertz CT molecular complexity index is 161. The van der Waals surface area contributed by atoms with E-state index in [4.69, 9.17) is 15.2 Å². The van der Waals surface area contributed by atoms with Gasteiger partial charge in [-0.2, -0.15) is 0 Å². The molecule has 4 nitrogen and oxygen atoms in total. The molecule has 0 amide bonds. The molecule has 0 aliphatic heterocycles. The Balaban J connectivity index is 2.12. The van der Waals surface area contributed by atoms with Gasteiger partial charge in [0.25, 0.3) is 0 Å². The van der Waals surface area contributed by atoms with Crippen LogP contribution >= 0.6 is 0 Å². The molecule has 0 saturated heterocycles. The van der Waals surface area contributed by atoms with Crippen LogP contribution in [0.1, 0.15) is 25.7 Å². The largest absolute Gasteiger partial charge is 0.382 e. The first-order valence-corrected chi connectivity index (χ1v) is 6.39. The lowest BCUT2D eigenvalue weighted by molar-refractivity contribution is 0.0505. The molecule has 16 heavy (non-hydrogen) atoms. The molecule has 96 valence electrons. The molecule has 0 heterocycles. The van der Waals surface area contributed by atoms with Gasteiger partial charge < -0.3 is 15.2 Å². The van der Waals surface area contributed by atoms with Gasteiger partial charge in [0.05, 0.1) is 19.8 Å². The third-order valence-corrected chi connectivity index (χ3v) is 3.21. The average Bonchev–Trinajstić information content (AvgIpc) is 2.81. The Hall–Kier alpha value is -0.160. The summed E-state index contributed by atoms with van der Waals surface area (Å²) in [5.74, 6) is 0. The molecule has 0 unspecified atom stereocenters. The maximum Gasteiger partial charge on any atom is 0.0700 e. The van der Waals surface area contributed by atoms with E-state index in [1.165, 1.54) is 25.7 Å². The summed E-state index contributed by atoms with van der Waals surface area (Å²) in [6.45, 7) is 4.91. The van der Waals surface area contributed by atoms with Crippen LogP contribution in [0.2, 0.25) is 0 Å². The Morgan fingerprint density at radius 1 is 1.12 bits per heavy atom. The molecule has 0 bridgehead atoms. The van der Waals surface area contributed by atoms with E-state index in [0.717, 1.165) is 32.3 Å². The molecule has 2 N–H and O–H groups in total. The molecule has 1 aliphatic rings. The van der Waals surface area contributed by atoms with Crippen molar-refractivity contribution < 1.29 is 9.47 Å². The predicted octanol–water partition coefficient (Wildman–Crippen LogP) is 0.853. The highest BCUT2D eigenvalue weighted by molar-refractivity contribution is 4.77. The van der Waals surface area contributed by atoms with Gasteiger partial charge in [-0.15, -0.1) is 0 Å². The van der Waals surface area contributed by atoms with Crippen LogP contribution in [-0.4, -0.2) is 57.5 Å². The van der Waals surface area contributed by atoms with E-state index >= 15 is 0 Å². The summed E-state index contributed by atoms with van der Waals surface area (Å²) in [4.78, 5) is 2.49. The van der Waals surface area contributed by atoms with Crippen molar-refractivity contribution in [1.29, 1.82) is 0 Å². The van der Waals surface area contributed by atoms with Gasteiger partial charge in [0.1, 0.15) is 0 Å². The molecule has 0 radical (unpaired) electrons. The minimum absolute atomic E-state index is 0.681. The van der Waals surface area contributed by atoms with Gasteiger partial charge in [-0.05, 0) is 12.8 Å². The van der Waals surface area contributed by atoms with Gasteiger partial charge >= 0.3 is 0 Å². The van der Waals surface area contributed by atoms with E-state index in [1.54, 1.807) is 7.11 Å². The van der Waals surface area contributed by atoms with E-state index in [0.29, 0.717) is 13.2 Å². The lowest BCUT2D eigenvalue weighted by Gasteiger charge is -2.28. The highest BCUT2D eigenvalue weighted by atomic mass is 16.5. The summed E-state index contributed by atoms with van der Waals surface area (Å²) < 4.78 is 10.4. The van der Waals surface area contributed by atoms with Crippen LogP contribution in [0.25, 0.3) is 0 Å². The molecule has 4 heteroatoms. The fraction of sp³-hybridized carbons (Fsp3) is 1.00. The number of hydrogen-bond acceptors (Lipinski definition) is 4. The molecule has 1 fully saturated rings. The molecule has 0 atom stereocenters. The van der Waals surface area contributed by atoms with Crippen molar-refractivity contribution in [2.45, 2.75) is 31.7 Å². The summed E-state index contributed by atoms with van der Waals surface area (Å²) in [6.07, 6.45) is 5.41. The molecule has 1 saturated carbocycles. The molecule has 0 spiro atoms. The van der Waals surface area contributed by atoms with Crippen molar-refractivity contribution in [3.63, 3.8) is 0 Å². The topological polar surface area (TPSA) is 47.7 Å². The monoisotopic (exact) mass is 230 g/mol. The minimum Gasteiger partial charge on any atom is -0.382 e. The molecule has 1 aliphatic carbocycles. The van der Waals surface area contributed by atoms with Crippen molar-refractivity contribution in [2.24, 2.45) is 5.73 Å². The van der Waals surface area contributed by atoms with E-state index in [1.807, 2.05) is 0 Å². The zero-order valence-electron chi connectivity index (χ0n) is 10.5. The number of nitrogens with zero attached hydrogens (tertiary/aromatic N) is 1. The van der Waals surface area contributed by atoms with Gasteiger partial charge in [0, 0.05) is 32.8 Å². The van der Waals surface area contributed by atoms with Crippen molar-refractivity contribution in [3.05, 3.63) is 0 Å². The second kappa shape index (κ2) is 8.93. The highest BCUT2D eigenvalue weighted by Crippen LogP contribution is 2.22. The van der Waals surface area contributed by atoms with Crippen molar-refractivity contribution in [3.8, 4) is 0 Å². The number of methoxy groups -OCH3 is 1. The average molecular weight is 230 g/mol. The van der Waals surface area contributed by atoms with Gasteiger partial charge in [0.15, 0.2) is 0 Å². The van der Waals surface area contributed by atoms with Gasteiger partial charge in [-0.25, -0.2) is 0 Å². The summed E-state index contributed by atoms with van der Waals surface area (Å²) in [7, 11) is 1.70. The standard InChI is InChI=1S/C12H26N2O2/c1-15-10-11-16-9-8-14(7-6-13)12-4-2-3-5-12/h12H,2-11,13H2,1H3. The van der Waals surface area contributed by atoms with Gasteiger partial charge in [-0.1, -0.05) is 12.8 Å². The van der Waals surface area contributed by atoms with Crippen LogP contribution in [0.4, 0.5) is 0 Å². The van der Waals surface area contributed by atoms with Crippen LogP contribution in [0.5, 0.6) is 0 Å². The molecule has 0 aromatic rings. The zero-order valence-corrected chi connectivity index (χ0v) is 10.5. The Labute approximate surface area is 99.1 Å². The second-order valence-corrected chi connectivity index (χ2v) is 4.37. The molecule has 0 aromatic carbocycles. The number of ether oxygens (including phenoxy) is 2. The first-order valence-electron chi connectivity index (χ1n) is 6.39. The van der Waals surface area contributed by atoms with Crippen molar-refractivity contribution >= 4 is 0 Å². The number of nitrogens with two attached hydrogens (primary N) is 1. The molecule has 0 aromatic heterocycles. The zero-order chi connectivity index (χ0) is 11.6. The number of rotatable bonds is 9. The number of hydrogen-bond donors (Lipinski definition) is 1. The Morgan fingerprint density at radius 3 is 2.50 bits per heavy atom. The van der Waals surface area contributed by atoms with E-state index in [2.05, 4.69) is 4.90 Å². The SMILES string of the molecule is COCCOCCN(CCN)C1CCCC1. The maximum absolute atomic E-state index is 5.65. The van der Waals surface area contributed by atoms with Crippen LogP contribution in [0.3, 0.4) is 0 Å². The third-order valence-electron chi connectivity index (χ3n) is 3.21. The smallest absolute Gasteiger partial charge is 0.0700 e. The molecular weight excluding hydrogens is 204 g/mol. The minimum atomic E-state index is 0.681. The third kappa shape index (κ3) is 5.25. The first kappa shape index (κ1) is 13.9. The highest BCUT2D eigenvalue weighted by Gasteiger charge is 2.21. The molecular formula is C12H26N2O2. The summed E-state index contributed by atoms with van der Waals surface area (Å²) in [6, 6.07) is 0.745. The van der Waals surface area contributed by atoms with Crippen LogP contribution in [0, 0.1) is 0 Å². The quantitative estimate of drug-likeness (QED) is 0.597. The fourth-order valence-electron chi connectivity index (χ4n) is 2.34. The summed E-state index contributed by atoms with van der Waals surface area (Å²) in [5, 5.41) is 0. The van der Waals surface area contributed by atoms with Gasteiger partial charge in [-0.3, -0.25) is 4.90 Å². The first-order chi connectivity index (χ1) is 7.88. The van der Waals surface area contributed by atoms with E-state index in [9.17, 15) is 0 Å². The normalized spacial score (nSPS) is 17.4. The lowest BCUT2D eigenvalue weighted by Crippen LogP contribution is -2.39. The molecule has 1 rings (SSSR count). The second-order valence-electron chi connectivity index (χ2n) is 4.37. The summed E-state index contributed by atoms with van der Waals surface area (Å²) in [5.41, 5.74) is 5.65. The van der Waals surface area contributed by atoms with Crippen LogP contribution in [0.15, 0.2) is 0 Å². The van der Waals surface area contributed by atoms with Crippen LogP contribution in [-0.2, 0) is 9.47 Å². The lowest BCUT2D eigenvalue weighted by atomic mass is 10.2. The fourth-order valence-corrected chi connectivity index (χ4v) is 2.34. The van der Waals surface area contributed by atoms with Crippen molar-refractivity contribution in [1.82, 2.24) is 4.90 Å². The predicted molar refractivity (Wildman–Crippen MR) is 65.6 cm³/mol. The van der Waals surface area contributed by atoms with E-state index < -0.39 is 0 Å². The Kier molecular flexibility index (Phi) is 7.76. The van der Waals surface area contributed by atoms with E-state index in [-0.39, 0.29) is 0 Å². The van der Waals surface area contributed by atoms with Gasteiger partial charge in [0.2, 0.25) is 0 Å². The van der Waals surface area contributed by atoms with Crippen molar-refractivity contribution in [2.75, 3.05) is 46.6 Å². The summed E-state index contributed by atoms with van der Waals surface area (Å²) >= 11 is 0. The van der Waals surface area contributed by atoms with Crippen LogP contribution < -0.4 is 5.73 Å². The maximum atomic E-state index is 5.65.